The SMILES string of the molecule is COc1cc(OCc2ccccc2)c(C(C)C/C=C/C(=O)OCc2ccccc2)cc1OC. The third kappa shape index (κ3) is 7.14. The Morgan fingerprint density at radius 2 is 1.39 bits per heavy atom. The fraction of sp³-hybridized carbons (Fsp3) is 0.250. The molecular formula is C28H30O5. The van der Waals surface area contributed by atoms with Crippen LogP contribution in [0.25, 0.3) is 0 Å². The Balaban J connectivity index is 1.67. The molecular weight excluding hydrogens is 416 g/mol. The third-order valence-corrected chi connectivity index (χ3v) is 5.25. The summed E-state index contributed by atoms with van der Waals surface area (Å²) in [5, 5.41) is 0. The van der Waals surface area contributed by atoms with Gasteiger partial charge in [-0.1, -0.05) is 73.7 Å². The average molecular weight is 447 g/mol. The van der Waals surface area contributed by atoms with E-state index in [2.05, 4.69) is 6.92 Å². The van der Waals surface area contributed by atoms with Gasteiger partial charge < -0.3 is 18.9 Å². The first kappa shape index (κ1) is 23.9. The number of carbonyl (C=O) groups excluding carboxylic acids is 1. The Hall–Kier alpha value is -3.73. The molecule has 0 saturated carbocycles. The van der Waals surface area contributed by atoms with E-state index in [-0.39, 0.29) is 18.5 Å². The van der Waals surface area contributed by atoms with Gasteiger partial charge in [-0.2, -0.15) is 0 Å². The van der Waals surface area contributed by atoms with Crippen molar-refractivity contribution >= 4 is 5.97 Å². The lowest BCUT2D eigenvalue weighted by molar-refractivity contribution is -0.139. The Kier molecular flexibility index (Phi) is 8.95. The molecule has 0 amide bonds. The van der Waals surface area contributed by atoms with Gasteiger partial charge in [-0.05, 0) is 29.5 Å². The van der Waals surface area contributed by atoms with Crippen LogP contribution in [0.5, 0.6) is 17.2 Å². The van der Waals surface area contributed by atoms with E-state index >= 15 is 0 Å². The van der Waals surface area contributed by atoms with Crippen LogP contribution in [0.3, 0.4) is 0 Å². The van der Waals surface area contributed by atoms with Crippen molar-refractivity contribution in [2.24, 2.45) is 0 Å². The van der Waals surface area contributed by atoms with Crippen molar-refractivity contribution in [1.82, 2.24) is 0 Å². The minimum atomic E-state index is -0.362. The molecule has 172 valence electrons. The van der Waals surface area contributed by atoms with Crippen LogP contribution < -0.4 is 14.2 Å². The standard InChI is InChI=1S/C28H30O5/c1-21(11-10-16-28(29)33-20-23-14-8-5-9-15-23)24-17-26(30-2)27(31-3)18-25(24)32-19-22-12-6-4-7-13-22/h4-10,12-18,21H,11,19-20H2,1-3H3/b16-10+. The van der Waals surface area contributed by atoms with Gasteiger partial charge in [-0.15, -0.1) is 0 Å². The van der Waals surface area contributed by atoms with E-state index in [0.717, 1.165) is 22.4 Å². The molecule has 5 nitrogen and oxygen atoms in total. The fourth-order valence-corrected chi connectivity index (χ4v) is 3.39. The van der Waals surface area contributed by atoms with E-state index in [4.69, 9.17) is 18.9 Å². The van der Waals surface area contributed by atoms with Gasteiger partial charge in [0, 0.05) is 17.7 Å². The summed E-state index contributed by atoms with van der Waals surface area (Å²) in [6.07, 6.45) is 3.94. The second-order valence-electron chi connectivity index (χ2n) is 7.65. The zero-order valence-corrected chi connectivity index (χ0v) is 19.3. The molecule has 0 radical (unpaired) electrons. The molecule has 0 bridgehead atoms. The normalized spacial score (nSPS) is 11.7. The molecule has 0 heterocycles. The minimum absolute atomic E-state index is 0.0775. The first-order valence-electron chi connectivity index (χ1n) is 10.9. The van der Waals surface area contributed by atoms with Crippen molar-refractivity contribution in [3.63, 3.8) is 0 Å². The number of ether oxygens (including phenoxy) is 4. The molecule has 0 spiro atoms. The number of hydrogen-bond donors (Lipinski definition) is 0. The number of carbonyl (C=O) groups is 1. The first-order valence-corrected chi connectivity index (χ1v) is 10.9. The number of allylic oxidation sites excluding steroid dienone is 1. The van der Waals surface area contributed by atoms with E-state index in [1.165, 1.54) is 6.08 Å². The lowest BCUT2D eigenvalue weighted by atomic mass is 9.96. The maximum absolute atomic E-state index is 12.1. The molecule has 3 aromatic carbocycles. The van der Waals surface area contributed by atoms with Crippen LogP contribution in [0.4, 0.5) is 0 Å². The summed E-state index contributed by atoms with van der Waals surface area (Å²) in [5.74, 6) is 1.69. The zero-order valence-electron chi connectivity index (χ0n) is 19.3. The Labute approximate surface area is 195 Å². The van der Waals surface area contributed by atoms with Crippen molar-refractivity contribution in [3.05, 3.63) is 102 Å². The molecule has 1 unspecified atom stereocenters. The minimum Gasteiger partial charge on any atom is -0.493 e. The molecule has 33 heavy (non-hydrogen) atoms. The molecule has 5 heteroatoms. The van der Waals surface area contributed by atoms with Gasteiger partial charge in [-0.3, -0.25) is 0 Å². The van der Waals surface area contributed by atoms with E-state index in [0.29, 0.717) is 24.5 Å². The number of hydrogen-bond acceptors (Lipinski definition) is 5. The summed E-state index contributed by atoms with van der Waals surface area (Å²) in [7, 11) is 3.21. The second kappa shape index (κ2) is 12.3. The van der Waals surface area contributed by atoms with Crippen LogP contribution in [-0.2, 0) is 22.7 Å². The van der Waals surface area contributed by atoms with Crippen LogP contribution in [0, 0.1) is 0 Å². The summed E-state index contributed by atoms with van der Waals surface area (Å²) < 4.78 is 22.4. The molecule has 0 aliphatic carbocycles. The summed E-state index contributed by atoms with van der Waals surface area (Å²) >= 11 is 0. The van der Waals surface area contributed by atoms with Crippen molar-refractivity contribution in [3.8, 4) is 17.2 Å². The lowest BCUT2D eigenvalue weighted by Gasteiger charge is -2.19. The third-order valence-electron chi connectivity index (χ3n) is 5.25. The molecule has 3 aromatic rings. The van der Waals surface area contributed by atoms with Gasteiger partial charge in [0.15, 0.2) is 11.5 Å². The maximum atomic E-state index is 12.1. The van der Waals surface area contributed by atoms with E-state index in [9.17, 15) is 4.79 Å². The number of rotatable bonds is 11. The molecule has 0 aliphatic rings. The summed E-state index contributed by atoms with van der Waals surface area (Å²) in [6.45, 7) is 2.78. The van der Waals surface area contributed by atoms with Crippen LogP contribution in [-0.4, -0.2) is 20.2 Å². The van der Waals surface area contributed by atoms with Crippen LogP contribution in [0.15, 0.2) is 84.9 Å². The summed E-state index contributed by atoms with van der Waals surface area (Å²) in [4.78, 5) is 12.1. The molecule has 0 aromatic heterocycles. The largest absolute Gasteiger partial charge is 0.493 e. The van der Waals surface area contributed by atoms with Gasteiger partial charge in [0.2, 0.25) is 0 Å². The summed E-state index contributed by atoms with van der Waals surface area (Å²) in [5.41, 5.74) is 3.01. The van der Waals surface area contributed by atoms with Crippen molar-refractivity contribution in [2.45, 2.75) is 32.5 Å². The summed E-state index contributed by atoms with van der Waals surface area (Å²) in [6, 6.07) is 23.4. The highest BCUT2D eigenvalue weighted by molar-refractivity contribution is 5.81. The van der Waals surface area contributed by atoms with E-state index in [1.807, 2.05) is 78.9 Å². The molecule has 0 fully saturated rings. The first-order chi connectivity index (χ1) is 16.1. The molecule has 1 atom stereocenters. The van der Waals surface area contributed by atoms with Gasteiger partial charge in [0.05, 0.1) is 14.2 Å². The molecule has 0 aliphatic heterocycles. The van der Waals surface area contributed by atoms with E-state index < -0.39 is 0 Å². The predicted molar refractivity (Wildman–Crippen MR) is 129 cm³/mol. The highest BCUT2D eigenvalue weighted by Gasteiger charge is 2.17. The second-order valence-corrected chi connectivity index (χ2v) is 7.65. The fourth-order valence-electron chi connectivity index (χ4n) is 3.39. The highest BCUT2D eigenvalue weighted by atomic mass is 16.5. The van der Waals surface area contributed by atoms with Crippen LogP contribution in [0.2, 0.25) is 0 Å². The quantitative estimate of drug-likeness (QED) is 0.264. The predicted octanol–water partition coefficient (Wildman–Crippen LogP) is 6.08. The van der Waals surface area contributed by atoms with E-state index in [1.54, 1.807) is 14.2 Å². The zero-order chi connectivity index (χ0) is 23.5. The van der Waals surface area contributed by atoms with Gasteiger partial charge in [0.1, 0.15) is 19.0 Å². The maximum Gasteiger partial charge on any atom is 0.330 e. The molecule has 3 rings (SSSR count). The molecule has 0 N–H and O–H groups in total. The number of methoxy groups -OCH3 is 2. The smallest absolute Gasteiger partial charge is 0.330 e. The number of esters is 1. The van der Waals surface area contributed by atoms with Crippen LogP contribution in [0.1, 0.15) is 36.0 Å². The van der Waals surface area contributed by atoms with Gasteiger partial charge in [-0.25, -0.2) is 4.79 Å². The molecule has 0 saturated heterocycles. The van der Waals surface area contributed by atoms with Crippen molar-refractivity contribution in [2.75, 3.05) is 14.2 Å². The topological polar surface area (TPSA) is 54.0 Å². The Morgan fingerprint density at radius 3 is 2.00 bits per heavy atom. The number of benzene rings is 3. The van der Waals surface area contributed by atoms with Gasteiger partial charge in [0.25, 0.3) is 0 Å². The van der Waals surface area contributed by atoms with Crippen LogP contribution >= 0.6 is 0 Å². The lowest BCUT2D eigenvalue weighted by Crippen LogP contribution is -2.04. The van der Waals surface area contributed by atoms with Crippen molar-refractivity contribution < 1.29 is 23.7 Å². The average Bonchev–Trinajstić information content (AvgIpc) is 2.86. The Morgan fingerprint density at radius 1 is 0.818 bits per heavy atom. The monoisotopic (exact) mass is 446 g/mol. The van der Waals surface area contributed by atoms with Crippen molar-refractivity contribution in [1.29, 1.82) is 0 Å². The highest BCUT2D eigenvalue weighted by Crippen LogP contribution is 2.39. The Bertz CT molecular complexity index is 1040. The van der Waals surface area contributed by atoms with Gasteiger partial charge >= 0.3 is 5.97 Å².